The lowest BCUT2D eigenvalue weighted by Crippen LogP contribution is -2.50. The van der Waals surface area contributed by atoms with Gasteiger partial charge in [0.25, 0.3) is 0 Å². The summed E-state index contributed by atoms with van der Waals surface area (Å²) in [4.78, 5) is 26.8. The number of amides is 2. The third-order valence-corrected chi connectivity index (χ3v) is 4.15. The Morgan fingerprint density at radius 1 is 0.950 bits per heavy atom. The molecule has 0 radical (unpaired) electrons. The van der Waals surface area contributed by atoms with Crippen molar-refractivity contribution in [3.8, 4) is 0 Å². The molecule has 2 aliphatic carbocycles. The minimum atomic E-state index is -0.877. The first-order valence-corrected chi connectivity index (χ1v) is 7.53. The van der Waals surface area contributed by atoms with Crippen molar-refractivity contribution in [3.63, 3.8) is 0 Å². The first-order chi connectivity index (χ1) is 9.63. The Kier molecular flexibility index (Phi) is 5.23. The van der Waals surface area contributed by atoms with E-state index in [0.717, 1.165) is 38.5 Å². The molecule has 2 saturated carbocycles. The molecule has 0 aromatic heterocycles. The zero-order chi connectivity index (χ0) is 14.5. The average molecular weight is 284 g/mol. The number of carbonyl (C=O) groups excluding carboxylic acids is 1. The summed E-state index contributed by atoms with van der Waals surface area (Å²) >= 11 is 0. The molecule has 0 spiro atoms. The maximum atomic E-state index is 12.7. The van der Waals surface area contributed by atoms with Gasteiger partial charge in [-0.1, -0.05) is 12.8 Å². The van der Waals surface area contributed by atoms with Crippen molar-refractivity contribution in [2.24, 2.45) is 0 Å². The van der Waals surface area contributed by atoms with Crippen LogP contribution in [0.15, 0.2) is 0 Å². The number of carbonyl (C=O) groups is 2. The van der Waals surface area contributed by atoms with Crippen LogP contribution in [0.1, 0.15) is 44.9 Å². The molecule has 0 saturated heterocycles. The third kappa shape index (κ3) is 3.85. The van der Waals surface area contributed by atoms with E-state index in [4.69, 9.17) is 5.11 Å². The summed E-state index contributed by atoms with van der Waals surface area (Å²) in [5.74, 6) is -0.877. The van der Waals surface area contributed by atoms with Gasteiger partial charge in [0.2, 0.25) is 0 Å². The zero-order valence-corrected chi connectivity index (χ0v) is 11.8. The number of urea groups is 1. The van der Waals surface area contributed by atoms with E-state index in [0.29, 0.717) is 6.54 Å². The minimum absolute atomic E-state index is 0.0140. The molecule has 6 heteroatoms. The molecular formula is C14H24N2O4. The molecule has 0 aliphatic heterocycles. The molecule has 0 atom stereocenters. The van der Waals surface area contributed by atoms with E-state index < -0.39 is 5.97 Å². The number of aliphatic hydroxyl groups is 1. The summed E-state index contributed by atoms with van der Waals surface area (Å²) in [6, 6.07) is 0.319. The van der Waals surface area contributed by atoms with Crippen LogP contribution < -0.4 is 0 Å². The van der Waals surface area contributed by atoms with Gasteiger partial charge in [-0.3, -0.25) is 4.79 Å². The summed E-state index contributed by atoms with van der Waals surface area (Å²) in [5.41, 5.74) is 0. The summed E-state index contributed by atoms with van der Waals surface area (Å²) < 4.78 is 0. The lowest BCUT2D eigenvalue weighted by molar-refractivity contribution is -0.137. The maximum Gasteiger partial charge on any atom is 0.320 e. The van der Waals surface area contributed by atoms with Gasteiger partial charge in [-0.2, -0.15) is 0 Å². The normalized spacial score (nSPS) is 19.1. The number of carboxylic acids is 1. The van der Waals surface area contributed by atoms with E-state index in [1.165, 1.54) is 0 Å². The van der Waals surface area contributed by atoms with Gasteiger partial charge in [-0.25, -0.2) is 4.79 Å². The van der Waals surface area contributed by atoms with Gasteiger partial charge >= 0.3 is 12.0 Å². The Hall–Kier alpha value is -1.30. The fraction of sp³-hybridized carbons (Fsp3) is 0.857. The molecule has 2 aliphatic rings. The lowest BCUT2D eigenvalue weighted by Gasteiger charge is -2.34. The van der Waals surface area contributed by atoms with Crippen molar-refractivity contribution in [1.82, 2.24) is 9.80 Å². The van der Waals surface area contributed by atoms with E-state index in [-0.39, 0.29) is 37.7 Å². The number of rotatable bonds is 7. The molecule has 0 bridgehead atoms. The largest absolute Gasteiger partial charge is 0.481 e. The monoisotopic (exact) mass is 284 g/mol. The Bertz CT molecular complexity index is 351. The summed E-state index contributed by atoms with van der Waals surface area (Å²) in [5, 5.41) is 18.0. The van der Waals surface area contributed by atoms with Gasteiger partial charge in [0.15, 0.2) is 0 Å². The van der Waals surface area contributed by atoms with Gasteiger partial charge < -0.3 is 20.0 Å². The fourth-order valence-corrected chi connectivity index (χ4v) is 2.96. The van der Waals surface area contributed by atoms with E-state index >= 15 is 0 Å². The second-order valence-corrected chi connectivity index (χ2v) is 5.71. The van der Waals surface area contributed by atoms with Crippen LogP contribution >= 0.6 is 0 Å². The van der Waals surface area contributed by atoms with Gasteiger partial charge in [0.05, 0.1) is 13.0 Å². The molecule has 2 rings (SSSR count). The molecule has 2 fully saturated rings. The van der Waals surface area contributed by atoms with E-state index in [9.17, 15) is 14.7 Å². The second kappa shape index (κ2) is 6.92. The van der Waals surface area contributed by atoms with Crippen LogP contribution in [-0.4, -0.2) is 63.8 Å². The van der Waals surface area contributed by atoms with Crippen LogP contribution in [-0.2, 0) is 4.79 Å². The summed E-state index contributed by atoms with van der Waals surface area (Å²) in [7, 11) is 0. The Morgan fingerprint density at radius 2 is 1.50 bits per heavy atom. The van der Waals surface area contributed by atoms with Gasteiger partial charge in [0, 0.05) is 25.2 Å². The molecular weight excluding hydrogens is 260 g/mol. The quantitative estimate of drug-likeness (QED) is 0.738. The highest BCUT2D eigenvalue weighted by atomic mass is 16.4. The van der Waals surface area contributed by atoms with Crippen molar-refractivity contribution in [2.45, 2.75) is 57.0 Å². The van der Waals surface area contributed by atoms with Gasteiger partial charge in [-0.15, -0.1) is 0 Å². The summed E-state index contributed by atoms with van der Waals surface area (Å²) in [6.07, 6.45) is 6.13. The Balaban J connectivity index is 2.00. The molecule has 114 valence electrons. The topological polar surface area (TPSA) is 81.1 Å². The van der Waals surface area contributed by atoms with E-state index in [1.54, 1.807) is 9.80 Å². The SMILES string of the molecule is O=C(O)CCN(C(=O)N(CCO)C1CCCC1)C1CC1. The van der Waals surface area contributed by atoms with Gasteiger partial charge in [0.1, 0.15) is 0 Å². The first kappa shape index (κ1) is 15.1. The predicted molar refractivity (Wildman–Crippen MR) is 73.4 cm³/mol. The molecule has 2 N–H and O–H groups in total. The fourth-order valence-electron chi connectivity index (χ4n) is 2.96. The molecule has 0 aromatic rings. The van der Waals surface area contributed by atoms with Crippen molar-refractivity contribution in [1.29, 1.82) is 0 Å². The molecule has 6 nitrogen and oxygen atoms in total. The van der Waals surface area contributed by atoms with Crippen LogP contribution in [0, 0.1) is 0 Å². The highest BCUT2D eigenvalue weighted by molar-refractivity contribution is 5.76. The number of aliphatic carboxylic acids is 1. The third-order valence-electron chi connectivity index (χ3n) is 4.15. The Morgan fingerprint density at radius 3 is 2.00 bits per heavy atom. The second-order valence-electron chi connectivity index (χ2n) is 5.71. The van der Waals surface area contributed by atoms with Crippen molar-refractivity contribution >= 4 is 12.0 Å². The molecule has 0 unspecified atom stereocenters. The minimum Gasteiger partial charge on any atom is -0.481 e. The molecule has 0 aromatic carbocycles. The number of hydrogen-bond acceptors (Lipinski definition) is 3. The van der Waals surface area contributed by atoms with Crippen LogP contribution in [0.4, 0.5) is 4.79 Å². The first-order valence-electron chi connectivity index (χ1n) is 7.53. The Labute approximate surface area is 119 Å². The number of carboxylic acid groups (broad SMARTS) is 1. The predicted octanol–water partition coefficient (Wildman–Crippen LogP) is 1.28. The summed E-state index contributed by atoms with van der Waals surface area (Å²) in [6.45, 7) is 0.576. The number of hydrogen-bond donors (Lipinski definition) is 2. The zero-order valence-electron chi connectivity index (χ0n) is 11.8. The standard InChI is InChI=1S/C14H24N2O4/c17-10-9-16(11-3-1-2-4-11)14(20)15(12-5-6-12)8-7-13(18)19/h11-12,17H,1-10H2,(H,18,19). The average Bonchev–Trinajstić information content (AvgIpc) is 3.10. The number of nitrogens with zero attached hydrogens (tertiary/aromatic N) is 2. The van der Waals surface area contributed by atoms with Crippen LogP contribution in [0.3, 0.4) is 0 Å². The highest BCUT2D eigenvalue weighted by Gasteiger charge is 2.37. The smallest absolute Gasteiger partial charge is 0.320 e. The van der Waals surface area contributed by atoms with E-state index in [1.807, 2.05) is 0 Å². The van der Waals surface area contributed by atoms with Crippen molar-refractivity contribution in [3.05, 3.63) is 0 Å². The van der Waals surface area contributed by atoms with Crippen molar-refractivity contribution in [2.75, 3.05) is 19.7 Å². The molecule has 0 heterocycles. The van der Waals surface area contributed by atoms with Crippen LogP contribution in [0.25, 0.3) is 0 Å². The van der Waals surface area contributed by atoms with Gasteiger partial charge in [-0.05, 0) is 25.7 Å². The number of aliphatic hydroxyl groups excluding tert-OH is 1. The highest BCUT2D eigenvalue weighted by Crippen LogP contribution is 2.30. The van der Waals surface area contributed by atoms with E-state index in [2.05, 4.69) is 0 Å². The molecule has 20 heavy (non-hydrogen) atoms. The van der Waals surface area contributed by atoms with Crippen LogP contribution in [0.2, 0.25) is 0 Å². The molecule has 2 amide bonds. The van der Waals surface area contributed by atoms with Crippen LogP contribution in [0.5, 0.6) is 0 Å². The maximum absolute atomic E-state index is 12.7. The lowest BCUT2D eigenvalue weighted by atomic mass is 10.2. The van der Waals surface area contributed by atoms with Crippen molar-refractivity contribution < 1.29 is 19.8 Å².